The number of aryl methyl sites for hydroxylation is 1. The topological polar surface area (TPSA) is 66.5 Å². The molecule has 32 heavy (non-hydrogen) atoms. The van der Waals surface area contributed by atoms with E-state index in [4.69, 9.17) is 0 Å². The summed E-state index contributed by atoms with van der Waals surface area (Å²) in [5.41, 5.74) is 3.43. The number of carbonyl (C=O) groups is 1. The van der Waals surface area contributed by atoms with Gasteiger partial charge in [-0.05, 0) is 66.8 Å². The van der Waals surface area contributed by atoms with Crippen molar-refractivity contribution < 1.29 is 13.2 Å². The molecule has 1 amide bonds. The van der Waals surface area contributed by atoms with Gasteiger partial charge in [-0.15, -0.1) is 6.58 Å². The molecule has 0 radical (unpaired) electrons. The van der Waals surface area contributed by atoms with Gasteiger partial charge in [-0.25, -0.2) is 8.42 Å². The molecule has 0 bridgehead atoms. The molecule has 5 nitrogen and oxygen atoms in total. The third-order valence-electron chi connectivity index (χ3n) is 5.72. The summed E-state index contributed by atoms with van der Waals surface area (Å²) in [6, 6.07) is 23.1. The minimum atomic E-state index is -3.74. The van der Waals surface area contributed by atoms with Crippen LogP contribution in [-0.2, 0) is 16.4 Å². The van der Waals surface area contributed by atoms with E-state index >= 15 is 0 Å². The van der Waals surface area contributed by atoms with Crippen molar-refractivity contribution in [1.29, 1.82) is 0 Å². The largest absolute Gasteiger partial charge is 0.345 e. The lowest BCUT2D eigenvalue weighted by Crippen LogP contribution is -2.32. The van der Waals surface area contributed by atoms with Crippen LogP contribution in [0.5, 0.6) is 0 Å². The molecule has 3 aromatic rings. The first kappa shape index (κ1) is 21.8. The van der Waals surface area contributed by atoms with Gasteiger partial charge in [0.05, 0.1) is 23.2 Å². The minimum absolute atomic E-state index is 0.0113. The molecule has 0 heterocycles. The highest BCUT2D eigenvalue weighted by Crippen LogP contribution is 2.30. The summed E-state index contributed by atoms with van der Waals surface area (Å²) in [5, 5.41) is 3.13. The van der Waals surface area contributed by atoms with Crippen LogP contribution in [0.15, 0.2) is 96.4 Å². The SMILES string of the molecule is C=CCN(c1ccc(C(=O)N[C@@H]2CCCc3ccccc32)cc1)S(=O)(=O)c1ccccc1. The van der Waals surface area contributed by atoms with Gasteiger partial charge in [0.25, 0.3) is 15.9 Å². The fourth-order valence-corrected chi connectivity index (χ4v) is 5.56. The average molecular weight is 447 g/mol. The number of fused-ring (bicyclic) bond motifs is 1. The van der Waals surface area contributed by atoms with Crippen molar-refractivity contribution in [3.8, 4) is 0 Å². The lowest BCUT2D eigenvalue weighted by atomic mass is 9.87. The Kier molecular flexibility index (Phi) is 6.42. The Morgan fingerprint density at radius 3 is 2.41 bits per heavy atom. The Balaban J connectivity index is 1.54. The summed E-state index contributed by atoms with van der Waals surface area (Å²) >= 11 is 0. The standard InChI is InChI=1S/C26H26N2O3S/c1-2-19-28(32(30,31)23-11-4-3-5-12-23)22-17-15-21(16-18-22)26(29)27-25-14-8-10-20-9-6-7-13-24(20)25/h2-7,9,11-13,15-18,25H,1,8,10,14,19H2,(H,27,29)/t25-/m1/s1. The third kappa shape index (κ3) is 4.46. The van der Waals surface area contributed by atoms with E-state index in [0.29, 0.717) is 11.3 Å². The van der Waals surface area contributed by atoms with Crippen molar-refractivity contribution in [3.05, 3.63) is 108 Å². The number of carbonyl (C=O) groups excluding carboxylic acids is 1. The van der Waals surface area contributed by atoms with Crippen molar-refractivity contribution in [2.75, 3.05) is 10.8 Å². The second-order valence-electron chi connectivity index (χ2n) is 7.80. The van der Waals surface area contributed by atoms with Crippen LogP contribution in [0, 0.1) is 0 Å². The zero-order valence-corrected chi connectivity index (χ0v) is 18.6. The molecule has 0 unspecified atom stereocenters. The summed E-state index contributed by atoms with van der Waals surface area (Å²) in [5.74, 6) is -0.167. The number of hydrogen-bond acceptors (Lipinski definition) is 3. The van der Waals surface area contributed by atoms with E-state index in [1.807, 2.05) is 12.1 Å². The number of hydrogen-bond donors (Lipinski definition) is 1. The maximum Gasteiger partial charge on any atom is 0.264 e. The maximum atomic E-state index is 13.1. The summed E-state index contributed by atoms with van der Waals surface area (Å²) in [6.07, 6.45) is 4.52. The Morgan fingerprint density at radius 1 is 1.00 bits per heavy atom. The normalized spacial score (nSPS) is 15.4. The number of sulfonamides is 1. The first-order valence-electron chi connectivity index (χ1n) is 10.7. The Hall–Kier alpha value is -3.38. The smallest absolute Gasteiger partial charge is 0.264 e. The van der Waals surface area contributed by atoms with Gasteiger partial charge in [-0.1, -0.05) is 48.5 Å². The first-order chi connectivity index (χ1) is 15.5. The molecule has 1 aliphatic carbocycles. The van der Waals surface area contributed by atoms with Gasteiger partial charge in [-0.2, -0.15) is 0 Å². The molecule has 1 N–H and O–H groups in total. The van der Waals surface area contributed by atoms with Gasteiger partial charge in [0.1, 0.15) is 0 Å². The fourth-order valence-electron chi connectivity index (χ4n) is 4.10. The van der Waals surface area contributed by atoms with E-state index in [9.17, 15) is 13.2 Å². The van der Waals surface area contributed by atoms with Gasteiger partial charge >= 0.3 is 0 Å². The Bertz CT molecular complexity index is 1210. The zero-order valence-electron chi connectivity index (χ0n) is 17.8. The third-order valence-corrected chi connectivity index (χ3v) is 7.53. The zero-order chi connectivity index (χ0) is 22.6. The van der Waals surface area contributed by atoms with Gasteiger partial charge in [0, 0.05) is 5.56 Å². The highest BCUT2D eigenvalue weighted by molar-refractivity contribution is 7.92. The van der Waals surface area contributed by atoms with Crippen molar-refractivity contribution in [2.24, 2.45) is 0 Å². The molecule has 6 heteroatoms. The molecular formula is C26H26N2O3S. The van der Waals surface area contributed by atoms with Gasteiger partial charge in [0.15, 0.2) is 0 Å². The number of nitrogens with one attached hydrogen (secondary N) is 1. The minimum Gasteiger partial charge on any atom is -0.345 e. The summed E-state index contributed by atoms with van der Waals surface area (Å²) in [4.78, 5) is 13.1. The van der Waals surface area contributed by atoms with Crippen LogP contribution in [0.1, 0.15) is 40.4 Å². The van der Waals surface area contributed by atoms with Gasteiger partial charge in [0.2, 0.25) is 0 Å². The fraction of sp³-hybridized carbons (Fsp3) is 0.192. The van der Waals surface area contributed by atoms with Crippen molar-refractivity contribution in [3.63, 3.8) is 0 Å². The molecule has 0 saturated carbocycles. The highest BCUT2D eigenvalue weighted by atomic mass is 32.2. The predicted molar refractivity (Wildman–Crippen MR) is 127 cm³/mol. The van der Waals surface area contributed by atoms with Crippen LogP contribution in [-0.4, -0.2) is 20.9 Å². The molecule has 4 rings (SSSR count). The second kappa shape index (κ2) is 9.40. The number of benzene rings is 3. The lowest BCUT2D eigenvalue weighted by molar-refractivity contribution is 0.0933. The molecule has 1 atom stereocenters. The van der Waals surface area contributed by atoms with Crippen LogP contribution in [0.3, 0.4) is 0 Å². The van der Waals surface area contributed by atoms with Gasteiger partial charge in [-0.3, -0.25) is 9.10 Å². The Labute approximate surface area is 189 Å². The quantitative estimate of drug-likeness (QED) is 0.526. The number of nitrogens with zero attached hydrogens (tertiary/aromatic N) is 1. The van der Waals surface area contributed by atoms with Crippen LogP contribution >= 0.6 is 0 Å². The molecule has 0 fully saturated rings. The molecule has 1 aliphatic rings. The van der Waals surface area contributed by atoms with E-state index in [1.54, 1.807) is 60.7 Å². The second-order valence-corrected chi connectivity index (χ2v) is 9.66. The monoisotopic (exact) mass is 446 g/mol. The van der Waals surface area contributed by atoms with Crippen LogP contribution < -0.4 is 9.62 Å². The van der Waals surface area contributed by atoms with Crippen LogP contribution in [0.25, 0.3) is 0 Å². The summed E-state index contributed by atoms with van der Waals surface area (Å²) in [6.45, 7) is 3.82. The molecule has 3 aromatic carbocycles. The lowest BCUT2D eigenvalue weighted by Gasteiger charge is -2.26. The van der Waals surface area contributed by atoms with Crippen molar-refractivity contribution in [1.82, 2.24) is 5.32 Å². The number of rotatable bonds is 7. The Morgan fingerprint density at radius 2 is 1.69 bits per heavy atom. The van der Waals surface area contributed by atoms with Crippen LogP contribution in [0.4, 0.5) is 5.69 Å². The number of anilines is 1. The van der Waals surface area contributed by atoms with E-state index in [-0.39, 0.29) is 23.4 Å². The van der Waals surface area contributed by atoms with E-state index < -0.39 is 10.0 Å². The van der Waals surface area contributed by atoms with E-state index in [2.05, 4.69) is 24.0 Å². The van der Waals surface area contributed by atoms with E-state index in [1.165, 1.54) is 15.4 Å². The molecule has 164 valence electrons. The first-order valence-corrected chi connectivity index (χ1v) is 12.1. The molecule has 0 spiro atoms. The van der Waals surface area contributed by atoms with Crippen molar-refractivity contribution >= 4 is 21.6 Å². The molecular weight excluding hydrogens is 420 g/mol. The van der Waals surface area contributed by atoms with Crippen molar-refractivity contribution in [2.45, 2.75) is 30.2 Å². The molecule has 0 saturated heterocycles. The number of amides is 1. The van der Waals surface area contributed by atoms with Crippen LogP contribution in [0.2, 0.25) is 0 Å². The van der Waals surface area contributed by atoms with E-state index in [0.717, 1.165) is 19.3 Å². The van der Waals surface area contributed by atoms with Gasteiger partial charge < -0.3 is 5.32 Å². The average Bonchev–Trinajstić information content (AvgIpc) is 2.83. The summed E-state index contributed by atoms with van der Waals surface area (Å²) in [7, 11) is -3.74. The summed E-state index contributed by atoms with van der Waals surface area (Å²) < 4.78 is 27.5. The molecule has 0 aromatic heterocycles. The predicted octanol–water partition coefficient (Wildman–Crippen LogP) is 4.88. The maximum absolute atomic E-state index is 13.1. The molecule has 0 aliphatic heterocycles. The highest BCUT2D eigenvalue weighted by Gasteiger charge is 2.25.